The van der Waals surface area contributed by atoms with Crippen molar-refractivity contribution in [3.05, 3.63) is 59.5 Å². The molecular weight excluding hydrogens is 238 g/mol. The molecule has 2 aromatic rings. The molecule has 0 aliphatic carbocycles. The number of benzene rings is 1. The van der Waals surface area contributed by atoms with Gasteiger partial charge in [0.2, 0.25) is 0 Å². The van der Waals surface area contributed by atoms with Gasteiger partial charge in [-0.1, -0.05) is 37.3 Å². The molecule has 1 heterocycles. The molecule has 19 heavy (non-hydrogen) atoms. The third kappa shape index (κ3) is 4.23. The molecule has 0 bridgehead atoms. The summed E-state index contributed by atoms with van der Waals surface area (Å²) in [5.41, 5.74) is 2.34. The summed E-state index contributed by atoms with van der Waals surface area (Å²) < 4.78 is 11.3. The predicted molar refractivity (Wildman–Crippen MR) is 75.7 cm³/mol. The van der Waals surface area contributed by atoms with E-state index in [2.05, 4.69) is 31.3 Å². The minimum Gasteiger partial charge on any atom is -0.467 e. The van der Waals surface area contributed by atoms with Crippen molar-refractivity contribution in [1.82, 2.24) is 5.32 Å². The van der Waals surface area contributed by atoms with Crippen molar-refractivity contribution >= 4 is 0 Å². The van der Waals surface area contributed by atoms with E-state index in [9.17, 15) is 0 Å². The zero-order chi connectivity index (χ0) is 13.5. The van der Waals surface area contributed by atoms with Crippen molar-refractivity contribution < 1.29 is 9.15 Å². The molecule has 2 rings (SSSR count). The van der Waals surface area contributed by atoms with Crippen LogP contribution in [0.4, 0.5) is 0 Å². The van der Waals surface area contributed by atoms with Crippen LogP contribution in [-0.2, 0) is 17.9 Å². The first-order valence-electron chi connectivity index (χ1n) is 6.73. The van der Waals surface area contributed by atoms with Gasteiger partial charge in [0.05, 0.1) is 12.4 Å². The SMILES string of the molecule is CCNCc1coc(COC(C)c2ccccc2)c1. The van der Waals surface area contributed by atoms with Crippen molar-refractivity contribution in [2.45, 2.75) is 33.1 Å². The van der Waals surface area contributed by atoms with Crippen LogP contribution in [0.15, 0.2) is 47.1 Å². The summed E-state index contributed by atoms with van der Waals surface area (Å²) in [7, 11) is 0. The maximum atomic E-state index is 5.82. The zero-order valence-corrected chi connectivity index (χ0v) is 11.6. The molecule has 1 aromatic carbocycles. The molecule has 1 unspecified atom stereocenters. The zero-order valence-electron chi connectivity index (χ0n) is 11.6. The average molecular weight is 259 g/mol. The Hall–Kier alpha value is -1.58. The Morgan fingerprint density at radius 3 is 2.79 bits per heavy atom. The van der Waals surface area contributed by atoms with Crippen molar-refractivity contribution in [1.29, 1.82) is 0 Å². The molecule has 3 nitrogen and oxygen atoms in total. The lowest BCUT2D eigenvalue weighted by Crippen LogP contribution is -2.10. The minimum absolute atomic E-state index is 0.0727. The van der Waals surface area contributed by atoms with Crippen LogP contribution in [0, 0.1) is 0 Å². The summed E-state index contributed by atoms with van der Waals surface area (Å²) in [5.74, 6) is 0.871. The lowest BCUT2D eigenvalue weighted by Gasteiger charge is -2.11. The number of ether oxygens (including phenoxy) is 1. The van der Waals surface area contributed by atoms with Crippen LogP contribution in [0.25, 0.3) is 0 Å². The smallest absolute Gasteiger partial charge is 0.129 e. The molecule has 0 saturated heterocycles. The Morgan fingerprint density at radius 1 is 1.26 bits per heavy atom. The van der Waals surface area contributed by atoms with E-state index in [0.29, 0.717) is 6.61 Å². The summed E-state index contributed by atoms with van der Waals surface area (Å²) in [5, 5.41) is 3.27. The molecule has 0 radical (unpaired) electrons. The van der Waals surface area contributed by atoms with E-state index in [4.69, 9.17) is 9.15 Å². The highest BCUT2D eigenvalue weighted by molar-refractivity contribution is 5.17. The molecular formula is C16H21NO2. The van der Waals surface area contributed by atoms with E-state index in [1.165, 1.54) is 5.56 Å². The van der Waals surface area contributed by atoms with E-state index < -0.39 is 0 Å². The minimum atomic E-state index is 0.0727. The lowest BCUT2D eigenvalue weighted by molar-refractivity contribution is 0.0420. The van der Waals surface area contributed by atoms with Gasteiger partial charge >= 0.3 is 0 Å². The normalized spacial score (nSPS) is 12.5. The van der Waals surface area contributed by atoms with Crippen LogP contribution >= 0.6 is 0 Å². The number of hydrogen-bond acceptors (Lipinski definition) is 3. The standard InChI is InChI=1S/C16H21NO2/c1-3-17-10-14-9-16(19-11-14)12-18-13(2)15-7-5-4-6-8-15/h4-9,11,13,17H,3,10,12H2,1-2H3. The quantitative estimate of drug-likeness (QED) is 0.824. The third-order valence-electron chi connectivity index (χ3n) is 3.03. The number of furan rings is 1. The second-order valence-corrected chi connectivity index (χ2v) is 4.57. The molecule has 1 N–H and O–H groups in total. The van der Waals surface area contributed by atoms with Crippen LogP contribution in [0.1, 0.15) is 36.8 Å². The highest BCUT2D eigenvalue weighted by Crippen LogP contribution is 2.18. The van der Waals surface area contributed by atoms with Crippen LogP contribution in [-0.4, -0.2) is 6.54 Å². The van der Waals surface area contributed by atoms with Crippen LogP contribution in [0.3, 0.4) is 0 Å². The fourth-order valence-electron chi connectivity index (χ4n) is 1.89. The highest BCUT2D eigenvalue weighted by Gasteiger charge is 2.07. The molecule has 0 amide bonds. The molecule has 0 fully saturated rings. The predicted octanol–water partition coefficient (Wildman–Crippen LogP) is 3.67. The van der Waals surface area contributed by atoms with Gasteiger partial charge in [-0.25, -0.2) is 0 Å². The monoisotopic (exact) mass is 259 g/mol. The van der Waals surface area contributed by atoms with Crippen LogP contribution < -0.4 is 5.32 Å². The van der Waals surface area contributed by atoms with E-state index in [-0.39, 0.29) is 6.10 Å². The summed E-state index contributed by atoms with van der Waals surface area (Å²) in [6.07, 6.45) is 1.86. The Morgan fingerprint density at radius 2 is 2.05 bits per heavy atom. The molecule has 0 saturated carbocycles. The lowest BCUT2D eigenvalue weighted by atomic mass is 10.1. The van der Waals surface area contributed by atoms with Gasteiger partial charge in [-0.15, -0.1) is 0 Å². The molecule has 3 heteroatoms. The van der Waals surface area contributed by atoms with Crippen molar-refractivity contribution in [3.63, 3.8) is 0 Å². The summed E-state index contributed by atoms with van der Waals surface area (Å²) >= 11 is 0. The van der Waals surface area contributed by atoms with Gasteiger partial charge in [-0.05, 0) is 25.1 Å². The second-order valence-electron chi connectivity index (χ2n) is 4.57. The van der Waals surface area contributed by atoms with Gasteiger partial charge in [0.15, 0.2) is 0 Å². The van der Waals surface area contributed by atoms with Crippen molar-refractivity contribution in [2.75, 3.05) is 6.54 Å². The second kappa shape index (κ2) is 7.12. The van der Waals surface area contributed by atoms with E-state index in [0.717, 1.165) is 24.4 Å². The number of rotatable bonds is 7. The summed E-state index contributed by atoms with van der Waals surface area (Å²) in [6, 6.07) is 12.2. The van der Waals surface area contributed by atoms with Crippen molar-refractivity contribution in [2.24, 2.45) is 0 Å². The van der Waals surface area contributed by atoms with Gasteiger partial charge < -0.3 is 14.5 Å². The highest BCUT2D eigenvalue weighted by atomic mass is 16.5. The molecule has 102 valence electrons. The fraction of sp³-hybridized carbons (Fsp3) is 0.375. The summed E-state index contributed by atoms with van der Waals surface area (Å²) in [4.78, 5) is 0. The number of hydrogen-bond donors (Lipinski definition) is 1. The Kier molecular flexibility index (Phi) is 5.19. The first-order chi connectivity index (χ1) is 9.29. The first-order valence-corrected chi connectivity index (χ1v) is 6.73. The van der Waals surface area contributed by atoms with Crippen LogP contribution in [0.2, 0.25) is 0 Å². The molecule has 0 aliphatic rings. The Bertz CT molecular complexity index is 479. The van der Waals surface area contributed by atoms with E-state index in [1.807, 2.05) is 24.3 Å². The molecule has 1 aromatic heterocycles. The van der Waals surface area contributed by atoms with Crippen LogP contribution in [0.5, 0.6) is 0 Å². The van der Waals surface area contributed by atoms with Gasteiger partial charge in [0.1, 0.15) is 12.4 Å². The first kappa shape index (κ1) is 13.8. The maximum Gasteiger partial charge on any atom is 0.129 e. The number of nitrogens with one attached hydrogen (secondary N) is 1. The molecule has 0 aliphatic heterocycles. The Labute approximate surface area is 114 Å². The van der Waals surface area contributed by atoms with Gasteiger partial charge in [0, 0.05) is 12.1 Å². The molecule has 1 atom stereocenters. The van der Waals surface area contributed by atoms with Gasteiger partial charge in [0.25, 0.3) is 0 Å². The third-order valence-corrected chi connectivity index (χ3v) is 3.03. The Balaban J connectivity index is 1.83. The summed E-state index contributed by atoms with van der Waals surface area (Å²) in [6.45, 7) is 6.45. The molecule has 0 spiro atoms. The van der Waals surface area contributed by atoms with Gasteiger partial charge in [-0.2, -0.15) is 0 Å². The maximum absolute atomic E-state index is 5.82. The topological polar surface area (TPSA) is 34.4 Å². The average Bonchev–Trinajstić information content (AvgIpc) is 2.91. The van der Waals surface area contributed by atoms with E-state index >= 15 is 0 Å². The van der Waals surface area contributed by atoms with Crippen molar-refractivity contribution in [3.8, 4) is 0 Å². The largest absolute Gasteiger partial charge is 0.467 e. The van der Waals surface area contributed by atoms with Gasteiger partial charge in [-0.3, -0.25) is 0 Å². The van der Waals surface area contributed by atoms with E-state index in [1.54, 1.807) is 6.26 Å². The fourth-order valence-corrected chi connectivity index (χ4v) is 1.89.